The van der Waals surface area contributed by atoms with Crippen LogP contribution in [0.2, 0.25) is 0 Å². The number of thiazole rings is 1. The molecule has 1 aliphatic carbocycles. The summed E-state index contributed by atoms with van der Waals surface area (Å²) in [5.74, 6) is 0.716. The molecule has 1 saturated heterocycles. The van der Waals surface area contributed by atoms with Crippen LogP contribution in [-0.4, -0.2) is 42.0 Å². The number of carbonyl (C=O) groups is 1. The van der Waals surface area contributed by atoms with Gasteiger partial charge in [0.2, 0.25) is 5.91 Å². The van der Waals surface area contributed by atoms with Crippen molar-refractivity contribution >= 4 is 22.4 Å². The SMILES string of the molecule is Cc1nc(N2CCN(C(=O)C3CCC3)CC2)sc1C. The Labute approximate surface area is 118 Å². The minimum Gasteiger partial charge on any atom is -0.345 e. The number of amides is 1. The molecule has 0 unspecified atom stereocenters. The van der Waals surface area contributed by atoms with Crippen molar-refractivity contribution in [2.24, 2.45) is 5.92 Å². The van der Waals surface area contributed by atoms with E-state index in [1.807, 2.05) is 4.90 Å². The van der Waals surface area contributed by atoms with E-state index in [9.17, 15) is 4.79 Å². The smallest absolute Gasteiger partial charge is 0.225 e. The molecule has 1 aliphatic heterocycles. The molecule has 5 heteroatoms. The van der Waals surface area contributed by atoms with E-state index >= 15 is 0 Å². The van der Waals surface area contributed by atoms with Crippen molar-refractivity contribution in [1.29, 1.82) is 0 Å². The van der Waals surface area contributed by atoms with Crippen LogP contribution < -0.4 is 4.90 Å². The van der Waals surface area contributed by atoms with Gasteiger partial charge in [0.15, 0.2) is 5.13 Å². The van der Waals surface area contributed by atoms with Gasteiger partial charge in [-0.05, 0) is 26.7 Å². The van der Waals surface area contributed by atoms with E-state index in [1.165, 1.54) is 11.3 Å². The maximum absolute atomic E-state index is 12.2. The number of piperazine rings is 1. The third-order valence-electron chi connectivity index (χ3n) is 4.33. The van der Waals surface area contributed by atoms with Crippen LogP contribution in [-0.2, 0) is 4.79 Å². The van der Waals surface area contributed by atoms with Crippen LogP contribution in [0.15, 0.2) is 0 Å². The van der Waals surface area contributed by atoms with Crippen LogP contribution >= 0.6 is 11.3 Å². The van der Waals surface area contributed by atoms with Crippen LogP contribution in [0.25, 0.3) is 0 Å². The minimum absolute atomic E-state index is 0.330. The van der Waals surface area contributed by atoms with Gasteiger partial charge < -0.3 is 9.80 Å². The normalized spacial score (nSPS) is 20.5. The minimum atomic E-state index is 0.330. The molecule has 1 aromatic rings. The molecule has 1 saturated carbocycles. The highest BCUT2D eigenvalue weighted by Gasteiger charge is 2.31. The Hall–Kier alpha value is -1.10. The fourth-order valence-electron chi connectivity index (χ4n) is 2.62. The Kier molecular flexibility index (Phi) is 3.48. The van der Waals surface area contributed by atoms with Crippen molar-refractivity contribution in [2.75, 3.05) is 31.1 Å². The second kappa shape index (κ2) is 5.12. The second-order valence-corrected chi connectivity index (χ2v) is 6.76. The predicted molar refractivity (Wildman–Crippen MR) is 77.7 cm³/mol. The summed E-state index contributed by atoms with van der Waals surface area (Å²) >= 11 is 1.76. The molecule has 0 spiro atoms. The second-order valence-electron chi connectivity index (χ2n) is 5.58. The van der Waals surface area contributed by atoms with Crippen molar-refractivity contribution in [1.82, 2.24) is 9.88 Å². The lowest BCUT2D eigenvalue weighted by Crippen LogP contribution is -2.51. The van der Waals surface area contributed by atoms with Gasteiger partial charge in [-0.1, -0.05) is 6.42 Å². The molecular formula is C14H21N3OS. The molecular weight excluding hydrogens is 258 g/mol. The number of rotatable bonds is 2. The first-order valence-electron chi connectivity index (χ1n) is 7.13. The highest BCUT2D eigenvalue weighted by atomic mass is 32.1. The molecule has 19 heavy (non-hydrogen) atoms. The summed E-state index contributed by atoms with van der Waals surface area (Å²) in [6, 6.07) is 0. The summed E-state index contributed by atoms with van der Waals surface area (Å²) in [5.41, 5.74) is 1.13. The molecule has 0 radical (unpaired) electrons. The van der Waals surface area contributed by atoms with Crippen LogP contribution in [0.5, 0.6) is 0 Å². The van der Waals surface area contributed by atoms with Gasteiger partial charge in [-0.2, -0.15) is 0 Å². The van der Waals surface area contributed by atoms with E-state index in [0.29, 0.717) is 11.8 Å². The Morgan fingerprint density at radius 1 is 1.21 bits per heavy atom. The fraction of sp³-hybridized carbons (Fsp3) is 0.714. The fourth-order valence-corrected chi connectivity index (χ4v) is 3.58. The predicted octanol–water partition coefficient (Wildman–Crippen LogP) is 2.21. The maximum atomic E-state index is 12.2. The molecule has 3 rings (SSSR count). The van der Waals surface area contributed by atoms with E-state index < -0.39 is 0 Å². The average Bonchev–Trinajstić information content (AvgIpc) is 2.68. The topological polar surface area (TPSA) is 36.4 Å². The number of carbonyl (C=O) groups excluding carboxylic acids is 1. The maximum Gasteiger partial charge on any atom is 0.225 e. The number of hydrogen-bond acceptors (Lipinski definition) is 4. The molecule has 4 nitrogen and oxygen atoms in total. The zero-order valence-electron chi connectivity index (χ0n) is 11.7. The summed E-state index contributed by atoms with van der Waals surface area (Å²) in [6.45, 7) is 7.73. The quantitative estimate of drug-likeness (QED) is 0.833. The molecule has 2 fully saturated rings. The number of anilines is 1. The first-order chi connectivity index (χ1) is 9.15. The lowest BCUT2D eigenvalue weighted by molar-refractivity contribution is -0.138. The molecule has 0 N–H and O–H groups in total. The highest BCUT2D eigenvalue weighted by Crippen LogP contribution is 2.30. The first kappa shape index (κ1) is 12.9. The van der Waals surface area contributed by atoms with Crippen molar-refractivity contribution in [3.05, 3.63) is 10.6 Å². The average molecular weight is 279 g/mol. The lowest BCUT2D eigenvalue weighted by Gasteiger charge is -2.38. The molecule has 0 atom stereocenters. The molecule has 1 amide bonds. The summed E-state index contributed by atoms with van der Waals surface area (Å²) in [6.07, 6.45) is 3.43. The van der Waals surface area contributed by atoms with Crippen molar-refractivity contribution < 1.29 is 4.79 Å². The van der Waals surface area contributed by atoms with E-state index in [0.717, 1.165) is 49.8 Å². The third kappa shape index (κ3) is 2.48. The van der Waals surface area contributed by atoms with Gasteiger partial charge in [0.25, 0.3) is 0 Å². The monoisotopic (exact) mass is 279 g/mol. The van der Waals surface area contributed by atoms with Crippen molar-refractivity contribution in [3.63, 3.8) is 0 Å². The molecule has 2 aliphatic rings. The molecule has 104 valence electrons. The van der Waals surface area contributed by atoms with E-state index in [1.54, 1.807) is 11.3 Å². The van der Waals surface area contributed by atoms with Crippen molar-refractivity contribution in [3.8, 4) is 0 Å². The van der Waals surface area contributed by atoms with Gasteiger partial charge in [0.1, 0.15) is 0 Å². The van der Waals surface area contributed by atoms with Gasteiger partial charge in [0, 0.05) is 37.0 Å². The lowest BCUT2D eigenvalue weighted by atomic mass is 9.84. The zero-order valence-corrected chi connectivity index (χ0v) is 12.5. The van der Waals surface area contributed by atoms with E-state index in [4.69, 9.17) is 0 Å². The Bertz CT molecular complexity index is 454. The molecule has 1 aromatic heterocycles. The number of aryl methyl sites for hydroxylation is 2. The summed E-state index contributed by atoms with van der Waals surface area (Å²) < 4.78 is 0. The van der Waals surface area contributed by atoms with Crippen LogP contribution in [0.1, 0.15) is 29.8 Å². The summed E-state index contributed by atoms with van der Waals surface area (Å²) in [7, 11) is 0. The van der Waals surface area contributed by atoms with E-state index in [2.05, 4.69) is 23.7 Å². The number of aromatic nitrogens is 1. The van der Waals surface area contributed by atoms with Gasteiger partial charge in [0.05, 0.1) is 5.69 Å². The van der Waals surface area contributed by atoms with Crippen molar-refractivity contribution in [2.45, 2.75) is 33.1 Å². The molecule has 2 heterocycles. The van der Waals surface area contributed by atoms with Gasteiger partial charge in [-0.25, -0.2) is 4.98 Å². The largest absolute Gasteiger partial charge is 0.345 e. The van der Waals surface area contributed by atoms with E-state index in [-0.39, 0.29) is 0 Å². The first-order valence-corrected chi connectivity index (χ1v) is 7.94. The van der Waals surface area contributed by atoms with Crippen LogP contribution in [0.4, 0.5) is 5.13 Å². The third-order valence-corrected chi connectivity index (χ3v) is 5.47. The van der Waals surface area contributed by atoms with Crippen LogP contribution in [0.3, 0.4) is 0 Å². The molecule has 0 bridgehead atoms. The summed E-state index contributed by atoms with van der Waals surface area (Å²) in [5, 5.41) is 1.12. The van der Waals surface area contributed by atoms with Gasteiger partial charge >= 0.3 is 0 Å². The number of hydrogen-bond donors (Lipinski definition) is 0. The Morgan fingerprint density at radius 2 is 1.89 bits per heavy atom. The van der Waals surface area contributed by atoms with Gasteiger partial charge in [-0.15, -0.1) is 11.3 Å². The highest BCUT2D eigenvalue weighted by molar-refractivity contribution is 7.15. The van der Waals surface area contributed by atoms with Gasteiger partial charge in [-0.3, -0.25) is 4.79 Å². The summed E-state index contributed by atoms with van der Waals surface area (Å²) in [4.78, 5) is 22.4. The standard InChI is InChI=1S/C14H21N3OS/c1-10-11(2)19-14(15-10)17-8-6-16(7-9-17)13(18)12-4-3-5-12/h12H,3-9H2,1-2H3. The number of nitrogens with zero attached hydrogens (tertiary/aromatic N) is 3. The van der Waals surface area contributed by atoms with Crippen LogP contribution in [0, 0.1) is 19.8 Å². The Balaban J connectivity index is 1.58. The molecule has 0 aromatic carbocycles. The zero-order chi connectivity index (χ0) is 13.4. The Morgan fingerprint density at radius 3 is 2.37 bits per heavy atom.